The molecule has 1 aromatic rings. The Hall–Kier alpha value is -1.02. The van der Waals surface area contributed by atoms with Crippen LogP contribution in [0.4, 0.5) is 4.39 Å². The van der Waals surface area contributed by atoms with E-state index in [0.29, 0.717) is 0 Å². The summed E-state index contributed by atoms with van der Waals surface area (Å²) in [6.07, 6.45) is 1.13. The van der Waals surface area contributed by atoms with Crippen molar-refractivity contribution in [3.05, 3.63) is 41.9 Å². The van der Waals surface area contributed by atoms with Gasteiger partial charge >= 0.3 is 0 Å². The molecule has 1 nitrogen and oxygen atoms in total. The highest BCUT2D eigenvalue weighted by Crippen LogP contribution is 2.26. The van der Waals surface area contributed by atoms with E-state index in [1.54, 1.807) is 6.07 Å². The summed E-state index contributed by atoms with van der Waals surface area (Å²) in [5.74, 6) is -0.471. The Bertz CT molecular complexity index is 253. The molecule has 0 atom stereocenters. The molecule has 0 spiro atoms. The van der Waals surface area contributed by atoms with Crippen molar-refractivity contribution in [2.24, 2.45) is 0 Å². The van der Waals surface area contributed by atoms with Gasteiger partial charge in [-0.1, -0.05) is 24.2 Å². The predicted molar refractivity (Wildman–Crippen MR) is 42.2 cm³/mol. The van der Waals surface area contributed by atoms with Gasteiger partial charge in [0.2, 0.25) is 0 Å². The SMILES string of the molecule is C=COc1c(F)cccc1Cl. The van der Waals surface area contributed by atoms with Crippen LogP contribution in [0.2, 0.25) is 5.02 Å². The van der Waals surface area contributed by atoms with E-state index in [1.165, 1.54) is 12.1 Å². The van der Waals surface area contributed by atoms with Gasteiger partial charge in [0, 0.05) is 0 Å². The molecule has 0 radical (unpaired) electrons. The number of ether oxygens (including phenoxy) is 1. The first-order valence-corrected chi connectivity index (χ1v) is 3.35. The highest BCUT2D eigenvalue weighted by Gasteiger charge is 2.05. The lowest BCUT2D eigenvalue weighted by Gasteiger charge is -2.02. The minimum Gasteiger partial charge on any atom is -0.461 e. The molecule has 58 valence electrons. The van der Waals surface area contributed by atoms with Gasteiger partial charge in [-0.3, -0.25) is 0 Å². The van der Waals surface area contributed by atoms with Crippen molar-refractivity contribution in [2.45, 2.75) is 0 Å². The lowest BCUT2D eigenvalue weighted by molar-refractivity contribution is 0.443. The number of para-hydroxylation sites is 1. The summed E-state index contributed by atoms with van der Waals surface area (Å²) >= 11 is 5.60. The number of benzene rings is 1. The molecule has 0 saturated heterocycles. The molecule has 11 heavy (non-hydrogen) atoms. The van der Waals surface area contributed by atoms with Crippen LogP contribution < -0.4 is 4.74 Å². The third-order valence-corrected chi connectivity index (χ3v) is 1.42. The van der Waals surface area contributed by atoms with E-state index in [9.17, 15) is 4.39 Å². The summed E-state index contributed by atoms with van der Waals surface area (Å²) < 4.78 is 17.5. The van der Waals surface area contributed by atoms with Crippen LogP contribution in [0.1, 0.15) is 0 Å². The second-order valence-corrected chi connectivity index (χ2v) is 2.24. The molecule has 0 aliphatic carbocycles. The van der Waals surface area contributed by atoms with Crippen molar-refractivity contribution in [1.29, 1.82) is 0 Å². The Morgan fingerprint density at radius 2 is 2.27 bits per heavy atom. The molecule has 0 fully saturated rings. The number of hydrogen-bond acceptors (Lipinski definition) is 1. The Labute approximate surface area is 69.1 Å². The maximum absolute atomic E-state index is 12.8. The standard InChI is InChI=1S/C8H6ClFO/c1-2-11-8-6(9)4-3-5-7(8)10/h2-5H,1H2. The van der Waals surface area contributed by atoms with Crippen LogP contribution in [0.15, 0.2) is 31.0 Å². The Morgan fingerprint density at radius 1 is 1.55 bits per heavy atom. The lowest BCUT2D eigenvalue weighted by atomic mass is 10.3. The van der Waals surface area contributed by atoms with Gasteiger partial charge in [-0.25, -0.2) is 4.39 Å². The first kappa shape index (κ1) is 8.08. The van der Waals surface area contributed by atoms with E-state index in [1.807, 2.05) is 0 Å². The third-order valence-electron chi connectivity index (χ3n) is 1.12. The number of halogens is 2. The van der Waals surface area contributed by atoms with Crippen LogP contribution in [-0.4, -0.2) is 0 Å². The quantitative estimate of drug-likeness (QED) is 0.624. The summed E-state index contributed by atoms with van der Waals surface area (Å²) in [5.41, 5.74) is 0. The Kier molecular flexibility index (Phi) is 2.49. The van der Waals surface area contributed by atoms with Gasteiger partial charge in [-0.15, -0.1) is 0 Å². The van der Waals surface area contributed by atoms with Crippen molar-refractivity contribution in [1.82, 2.24) is 0 Å². The van der Waals surface area contributed by atoms with Gasteiger partial charge in [0.05, 0.1) is 11.3 Å². The first-order chi connectivity index (χ1) is 5.25. The summed E-state index contributed by atoms with van der Waals surface area (Å²) in [7, 11) is 0. The van der Waals surface area contributed by atoms with Crippen LogP contribution in [0.25, 0.3) is 0 Å². The fraction of sp³-hybridized carbons (Fsp3) is 0. The zero-order valence-corrected chi connectivity index (χ0v) is 6.44. The second-order valence-electron chi connectivity index (χ2n) is 1.84. The minimum absolute atomic E-state index is 0.0177. The normalized spacial score (nSPS) is 9.27. The molecule has 0 aromatic heterocycles. The molecular formula is C8H6ClFO. The highest BCUT2D eigenvalue weighted by molar-refractivity contribution is 6.32. The first-order valence-electron chi connectivity index (χ1n) is 2.97. The number of hydrogen-bond donors (Lipinski definition) is 0. The van der Waals surface area contributed by atoms with Gasteiger partial charge in [0.25, 0.3) is 0 Å². The van der Waals surface area contributed by atoms with Crippen LogP contribution >= 0.6 is 11.6 Å². The molecule has 0 aliphatic rings. The van der Waals surface area contributed by atoms with E-state index in [4.69, 9.17) is 16.3 Å². The fourth-order valence-electron chi connectivity index (χ4n) is 0.678. The molecule has 0 unspecified atom stereocenters. The van der Waals surface area contributed by atoms with Crippen LogP contribution in [0.3, 0.4) is 0 Å². The van der Waals surface area contributed by atoms with Crippen molar-refractivity contribution in [3.8, 4) is 5.75 Å². The third kappa shape index (κ3) is 1.71. The van der Waals surface area contributed by atoms with Crippen LogP contribution in [0, 0.1) is 5.82 Å². The van der Waals surface area contributed by atoms with Crippen molar-refractivity contribution in [2.75, 3.05) is 0 Å². The van der Waals surface area contributed by atoms with Crippen LogP contribution in [-0.2, 0) is 0 Å². The van der Waals surface area contributed by atoms with Gasteiger partial charge in [0.15, 0.2) is 11.6 Å². The average Bonchev–Trinajstić information content (AvgIpc) is 1.97. The van der Waals surface area contributed by atoms with Gasteiger partial charge in [-0.05, 0) is 12.1 Å². The maximum Gasteiger partial charge on any atom is 0.180 e. The van der Waals surface area contributed by atoms with Gasteiger partial charge in [0.1, 0.15) is 0 Å². The molecule has 0 amide bonds. The monoisotopic (exact) mass is 172 g/mol. The molecule has 0 aliphatic heterocycles. The topological polar surface area (TPSA) is 9.23 Å². The predicted octanol–water partition coefficient (Wildman–Crippen LogP) is 3.00. The van der Waals surface area contributed by atoms with Gasteiger partial charge < -0.3 is 4.74 Å². The van der Waals surface area contributed by atoms with Crippen molar-refractivity contribution >= 4 is 11.6 Å². The summed E-state index contributed by atoms with van der Waals surface area (Å²) in [4.78, 5) is 0. The lowest BCUT2D eigenvalue weighted by Crippen LogP contribution is -1.86. The minimum atomic E-state index is -0.489. The molecule has 0 heterocycles. The average molecular weight is 173 g/mol. The van der Waals surface area contributed by atoms with E-state index in [2.05, 4.69) is 6.58 Å². The zero-order valence-electron chi connectivity index (χ0n) is 5.68. The fourth-order valence-corrected chi connectivity index (χ4v) is 0.886. The zero-order chi connectivity index (χ0) is 8.27. The summed E-state index contributed by atoms with van der Waals surface area (Å²) in [6.45, 7) is 3.29. The molecule has 3 heteroatoms. The van der Waals surface area contributed by atoms with Crippen molar-refractivity contribution < 1.29 is 9.13 Å². The molecule has 1 rings (SSSR count). The summed E-state index contributed by atoms with van der Waals surface area (Å²) in [5, 5.41) is 0.241. The molecular weight excluding hydrogens is 167 g/mol. The van der Waals surface area contributed by atoms with E-state index >= 15 is 0 Å². The Morgan fingerprint density at radius 3 is 2.82 bits per heavy atom. The molecule has 0 bridgehead atoms. The van der Waals surface area contributed by atoms with Crippen molar-refractivity contribution in [3.63, 3.8) is 0 Å². The van der Waals surface area contributed by atoms with Crippen LogP contribution in [0.5, 0.6) is 5.75 Å². The Balaban J connectivity index is 3.09. The molecule has 1 aromatic carbocycles. The van der Waals surface area contributed by atoms with E-state index < -0.39 is 5.82 Å². The highest BCUT2D eigenvalue weighted by atomic mass is 35.5. The largest absolute Gasteiger partial charge is 0.461 e. The molecule has 0 saturated carbocycles. The maximum atomic E-state index is 12.8. The molecule has 0 N–H and O–H groups in total. The van der Waals surface area contributed by atoms with Gasteiger partial charge in [-0.2, -0.15) is 0 Å². The smallest absolute Gasteiger partial charge is 0.180 e. The van der Waals surface area contributed by atoms with E-state index in [0.717, 1.165) is 6.26 Å². The number of rotatable bonds is 2. The second kappa shape index (κ2) is 3.39. The summed E-state index contributed by atoms with van der Waals surface area (Å²) in [6, 6.07) is 4.32. The van der Waals surface area contributed by atoms with E-state index in [-0.39, 0.29) is 10.8 Å².